The molecule has 1 aromatic carbocycles. The number of aryl methyl sites for hydroxylation is 1. The second kappa shape index (κ2) is 8.64. The van der Waals surface area contributed by atoms with Gasteiger partial charge in [-0.1, -0.05) is 12.1 Å². The highest BCUT2D eigenvalue weighted by atomic mass is 32.1. The van der Waals surface area contributed by atoms with Gasteiger partial charge in [0.2, 0.25) is 5.91 Å². The summed E-state index contributed by atoms with van der Waals surface area (Å²) in [5.41, 5.74) is 6.98. The number of para-hydroxylation sites is 2. The van der Waals surface area contributed by atoms with Gasteiger partial charge in [-0.2, -0.15) is 0 Å². The maximum Gasteiger partial charge on any atom is 0.230 e. The van der Waals surface area contributed by atoms with Crippen molar-refractivity contribution in [2.24, 2.45) is 5.73 Å². The van der Waals surface area contributed by atoms with Crippen molar-refractivity contribution in [1.82, 2.24) is 4.98 Å². The van der Waals surface area contributed by atoms with E-state index in [0.29, 0.717) is 18.0 Å². The maximum atomic E-state index is 12.2. The van der Waals surface area contributed by atoms with Crippen molar-refractivity contribution in [2.75, 3.05) is 11.9 Å². The van der Waals surface area contributed by atoms with Crippen molar-refractivity contribution in [2.45, 2.75) is 39.2 Å². The second-order valence-electron chi connectivity index (χ2n) is 5.51. The molecule has 0 fully saturated rings. The van der Waals surface area contributed by atoms with Crippen LogP contribution in [0.15, 0.2) is 29.6 Å². The Bertz CT molecular complexity index is 640. The first-order valence-corrected chi connectivity index (χ1v) is 8.65. The number of rotatable bonds is 8. The monoisotopic (exact) mass is 333 g/mol. The number of anilines is 1. The Morgan fingerprint density at radius 2 is 2.17 bits per heavy atom. The minimum Gasteiger partial charge on any atom is -0.489 e. The largest absolute Gasteiger partial charge is 0.489 e. The minimum absolute atomic E-state index is 0.0525. The van der Waals surface area contributed by atoms with E-state index in [1.165, 1.54) is 0 Å². The van der Waals surface area contributed by atoms with E-state index in [1.807, 2.05) is 43.5 Å². The van der Waals surface area contributed by atoms with Gasteiger partial charge < -0.3 is 15.8 Å². The number of aromatic nitrogens is 1. The molecule has 0 bridgehead atoms. The summed E-state index contributed by atoms with van der Waals surface area (Å²) in [6.45, 7) is 4.57. The van der Waals surface area contributed by atoms with Crippen molar-refractivity contribution in [3.8, 4) is 5.75 Å². The minimum atomic E-state index is -0.0968. The zero-order valence-electron chi connectivity index (χ0n) is 13.5. The molecule has 2 aromatic rings. The Balaban J connectivity index is 1.96. The smallest absolute Gasteiger partial charge is 0.230 e. The SMILES string of the molecule is CC(C)Oc1ccccc1NC(=O)Cc1csc(CCCN)n1. The average molecular weight is 333 g/mol. The molecular formula is C17H23N3O2S. The van der Waals surface area contributed by atoms with Crippen LogP contribution in [0.1, 0.15) is 31.0 Å². The fourth-order valence-electron chi connectivity index (χ4n) is 2.08. The zero-order valence-corrected chi connectivity index (χ0v) is 14.4. The van der Waals surface area contributed by atoms with Gasteiger partial charge in [0.1, 0.15) is 5.75 Å². The van der Waals surface area contributed by atoms with Crippen molar-refractivity contribution in [3.63, 3.8) is 0 Å². The number of nitrogens with two attached hydrogens (primary N) is 1. The Labute approximate surface area is 140 Å². The van der Waals surface area contributed by atoms with Crippen LogP contribution in [0.4, 0.5) is 5.69 Å². The highest BCUT2D eigenvalue weighted by molar-refractivity contribution is 7.09. The Hall–Kier alpha value is -1.92. The molecule has 0 aliphatic heterocycles. The summed E-state index contributed by atoms with van der Waals surface area (Å²) in [5.74, 6) is 0.582. The number of thiazole rings is 1. The molecule has 0 atom stereocenters. The van der Waals surface area contributed by atoms with Gasteiger partial charge in [-0.05, 0) is 38.9 Å². The third-order valence-electron chi connectivity index (χ3n) is 3.06. The first-order valence-electron chi connectivity index (χ1n) is 7.77. The van der Waals surface area contributed by atoms with Crippen molar-refractivity contribution in [1.29, 1.82) is 0 Å². The molecule has 1 heterocycles. The molecular weight excluding hydrogens is 310 g/mol. The standard InChI is InChI=1S/C17H23N3O2S/c1-12(2)22-15-7-4-3-6-14(15)20-16(21)10-13-11-23-17(19-13)8-5-9-18/h3-4,6-7,11-12H,5,8-10,18H2,1-2H3,(H,20,21). The van der Waals surface area contributed by atoms with Gasteiger partial charge in [-0.15, -0.1) is 11.3 Å². The molecule has 0 aliphatic carbocycles. The number of carbonyl (C=O) groups is 1. The molecule has 0 saturated heterocycles. The number of nitrogens with one attached hydrogen (secondary N) is 1. The predicted octanol–water partition coefficient (Wildman–Crippen LogP) is 3.00. The number of hydrogen-bond acceptors (Lipinski definition) is 5. The van der Waals surface area contributed by atoms with Crippen LogP contribution in [0, 0.1) is 0 Å². The lowest BCUT2D eigenvalue weighted by Gasteiger charge is -2.14. The van der Waals surface area contributed by atoms with Crippen LogP contribution >= 0.6 is 11.3 Å². The first-order chi connectivity index (χ1) is 11.1. The van der Waals surface area contributed by atoms with E-state index in [1.54, 1.807) is 11.3 Å². The molecule has 1 aromatic heterocycles. The maximum absolute atomic E-state index is 12.2. The van der Waals surface area contributed by atoms with Gasteiger partial charge in [0, 0.05) is 11.8 Å². The molecule has 124 valence electrons. The summed E-state index contributed by atoms with van der Waals surface area (Å²) in [6, 6.07) is 7.45. The Kier molecular flexibility index (Phi) is 6.55. The van der Waals surface area contributed by atoms with Crippen molar-refractivity contribution in [3.05, 3.63) is 40.3 Å². The van der Waals surface area contributed by atoms with Gasteiger partial charge in [0.15, 0.2) is 0 Å². The van der Waals surface area contributed by atoms with Gasteiger partial charge in [0.05, 0.1) is 28.9 Å². The van der Waals surface area contributed by atoms with Gasteiger partial charge in [-0.3, -0.25) is 4.79 Å². The molecule has 0 spiro atoms. The van der Waals surface area contributed by atoms with Crippen LogP contribution in [0.3, 0.4) is 0 Å². The van der Waals surface area contributed by atoms with Gasteiger partial charge >= 0.3 is 0 Å². The zero-order chi connectivity index (χ0) is 16.7. The summed E-state index contributed by atoms with van der Waals surface area (Å²) < 4.78 is 5.70. The number of hydrogen-bond donors (Lipinski definition) is 2. The van der Waals surface area contributed by atoms with Crippen molar-refractivity contribution >= 4 is 22.9 Å². The first kappa shape index (κ1) is 17.4. The van der Waals surface area contributed by atoms with Crippen LogP contribution in [0.5, 0.6) is 5.75 Å². The summed E-state index contributed by atoms with van der Waals surface area (Å²) in [5, 5.41) is 5.86. The molecule has 0 unspecified atom stereocenters. The molecule has 0 radical (unpaired) electrons. The lowest BCUT2D eigenvalue weighted by atomic mass is 10.2. The lowest BCUT2D eigenvalue weighted by molar-refractivity contribution is -0.115. The molecule has 2 rings (SSSR count). The molecule has 1 amide bonds. The fourth-order valence-corrected chi connectivity index (χ4v) is 2.92. The normalized spacial score (nSPS) is 10.8. The van der Waals surface area contributed by atoms with E-state index in [0.717, 1.165) is 23.5 Å². The van der Waals surface area contributed by atoms with Crippen LogP contribution in [-0.2, 0) is 17.6 Å². The number of carbonyl (C=O) groups excluding carboxylic acids is 1. The third kappa shape index (κ3) is 5.65. The molecule has 3 N–H and O–H groups in total. The number of benzene rings is 1. The Morgan fingerprint density at radius 3 is 2.91 bits per heavy atom. The summed E-state index contributed by atoms with van der Waals surface area (Å²) in [7, 11) is 0. The van der Waals surface area contributed by atoms with Gasteiger partial charge in [-0.25, -0.2) is 4.98 Å². The fraction of sp³-hybridized carbons (Fsp3) is 0.412. The highest BCUT2D eigenvalue weighted by Gasteiger charge is 2.11. The summed E-state index contributed by atoms with van der Waals surface area (Å²) in [6.07, 6.45) is 2.10. The number of nitrogens with zero attached hydrogens (tertiary/aromatic N) is 1. The van der Waals surface area contributed by atoms with E-state index in [4.69, 9.17) is 10.5 Å². The molecule has 5 nitrogen and oxygen atoms in total. The summed E-state index contributed by atoms with van der Waals surface area (Å²) >= 11 is 1.58. The summed E-state index contributed by atoms with van der Waals surface area (Å²) in [4.78, 5) is 16.7. The van der Waals surface area contributed by atoms with E-state index in [-0.39, 0.29) is 18.4 Å². The topological polar surface area (TPSA) is 77.2 Å². The van der Waals surface area contributed by atoms with E-state index in [2.05, 4.69) is 10.3 Å². The van der Waals surface area contributed by atoms with Gasteiger partial charge in [0.25, 0.3) is 0 Å². The quantitative estimate of drug-likeness (QED) is 0.778. The third-order valence-corrected chi connectivity index (χ3v) is 4.02. The number of ether oxygens (including phenoxy) is 1. The average Bonchev–Trinajstić information content (AvgIpc) is 2.94. The molecule has 0 saturated carbocycles. The van der Waals surface area contributed by atoms with E-state index in [9.17, 15) is 4.79 Å². The molecule has 6 heteroatoms. The second-order valence-corrected chi connectivity index (χ2v) is 6.46. The van der Waals surface area contributed by atoms with E-state index < -0.39 is 0 Å². The van der Waals surface area contributed by atoms with Crippen LogP contribution in [-0.4, -0.2) is 23.5 Å². The van der Waals surface area contributed by atoms with Crippen molar-refractivity contribution < 1.29 is 9.53 Å². The Morgan fingerprint density at radius 1 is 1.39 bits per heavy atom. The van der Waals surface area contributed by atoms with Crippen LogP contribution in [0.25, 0.3) is 0 Å². The molecule has 0 aliphatic rings. The number of amides is 1. The predicted molar refractivity (Wildman–Crippen MR) is 94.0 cm³/mol. The van der Waals surface area contributed by atoms with E-state index >= 15 is 0 Å². The van der Waals surface area contributed by atoms with Crippen LogP contribution < -0.4 is 15.8 Å². The van der Waals surface area contributed by atoms with Crippen LogP contribution in [0.2, 0.25) is 0 Å². The lowest BCUT2D eigenvalue weighted by Crippen LogP contribution is -2.16. The molecule has 23 heavy (non-hydrogen) atoms. The highest BCUT2D eigenvalue weighted by Crippen LogP contribution is 2.25.